The van der Waals surface area contributed by atoms with Gasteiger partial charge in [0, 0.05) is 13.0 Å². The third-order valence-electron chi connectivity index (χ3n) is 3.80. The number of hydrogen-bond donors (Lipinski definition) is 1. The van der Waals surface area contributed by atoms with E-state index >= 15 is 0 Å². The standard InChI is InChI=1S/C16H23NO2/c1-12(2)13-6-8-14(9-7-13)15(18)11-17-10-4-3-5-16(17)19/h6-9,12,15,18H,3-5,10-11H2,1-2H3. The van der Waals surface area contributed by atoms with Gasteiger partial charge < -0.3 is 10.0 Å². The molecular weight excluding hydrogens is 238 g/mol. The van der Waals surface area contributed by atoms with E-state index in [-0.39, 0.29) is 5.91 Å². The monoisotopic (exact) mass is 261 g/mol. The van der Waals surface area contributed by atoms with Crippen LogP contribution >= 0.6 is 0 Å². The summed E-state index contributed by atoms with van der Waals surface area (Å²) >= 11 is 0. The second kappa shape index (κ2) is 6.20. The van der Waals surface area contributed by atoms with Gasteiger partial charge in [-0.15, -0.1) is 0 Å². The lowest BCUT2D eigenvalue weighted by atomic mass is 9.99. The molecular formula is C16H23NO2. The normalized spacial score (nSPS) is 17.9. The Hall–Kier alpha value is -1.35. The molecule has 2 rings (SSSR count). The van der Waals surface area contributed by atoms with E-state index in [0.29, 0.717) is 18.9 Å². The number of nitrogens with zero attached hydrogens (tertiary/aromatic N) is 1. The number of carbonyl (C=O) groups is 1. The molecule has 3 nitrogen and oxygen atoms in total. The van der Waals surface area contributed by atoms with Gasteiger partial charge in [-0.05, 0) is 29.9 Å². The van der Waals surface area contributed by atoms with E-state index in [1.165, 1.54) is 5.56 Å². The molecule has 1 heterocycles. The first-order chi connectivity index (χ1) is 9.08. The minimum absolute atomic E-state index is 0.170. The third-order valence-corrected chi connectivity index (χ3v) is 3.80. The zero-order valence-electron chi connectivity index (χ0n) is 11.8. The molecule has 1 fully saturated rings. The number of piperidine rings is 1. The fourth-order valence-electron chi connectivity index (χ4n) is 2.47. The van der Waals surface area contributed by atoms with Gasteiger partial charge in [0.25, 0.3) is 0 Å². The smallest absolute Gasteiger partial charge is 0.222 e. The summed E-state index contributed by atoms with van der Waals surface area (Å²) in [5.74, 6) is 0.666. The third kappa shape index (κ3) is 3.57. The molecule has 0 bridgehead atoms. The quantitative estimate of drug-likeness (QED) is 0.905. The van der Waals surface area contributed by atoms with Gasteiger partial charge in [0.2, 0.25) is 5.91 Å². The minimum atomic E-state index is -0.580. The molecule has 1 atom stereocenters. The molecule has 1 unspecified atom stereocenters. The molecule has 0 spiro atoms. The molecule has 1 saturated heterocycles. The van der Waals surface area contributed by atoms with E-state index in [9.17, 15) is 9.90 Å². The number of hydrogen-bond acceptors (Lipinski definition) is 2. The summed E-state index contributed by atoms with van der Waals surface area (Å²) in [4.78, 5) is 13.5. The minimum Gasteiger partial charge on any atom is -0.387 e. The van der Waals surface area contributed by atoms with E-state index in [4.69, 9.17) is 0 Å². The van der Waals surface area contributed by atoms with Gasteiger partial charge in [-0.1, -0.05) is 38.1 Å². The van der Waals surface area contributed by atoms with Crippen LogP contribution in [0.5, 0.6) is 0 Å². The summed E-state index contributed by atoms with van der Waals surface area (Å²) in [7, 11) is 0. The van der Waals surface area contributed by atoms with E-state index < -0.39 is 6.10 Å². The predicted molar refractivity (Wildman–Crippen MR) is 75.9 cm³/mol. The number of aliphatic hydroxyl groups excluding tert-OH is 1. The molecule has 19 heavy (non-hydrogen) atoms. The fourth-order valence-corrected chi connectivity index (χ4v) is 2.47. The van der Waals surface area contributed by atoms with Gasteiger partial charge in [-0.25, -0.2) is 0 Å². The van der Waals surface area contributed by atoms with E-state index in [1.54, 1.807) is 4.90 Å². The molecule has 1 aromatic carbocycles. The van der Waals surface area contributed by atoms with Gasteiger partial charge in [0.1, 0.15) is 0 Å². The highest BCUT2D eigenvalue weighted by Crippen LogP contribution is 2.21. The Morgan fingerprint density at radius 1 is 1.16 bits per heavy atom. The van der Waals surface area contributed by atoms with Crippen LogP contribution < -0.4 is 0 Å². The highest BCUT2D eigenvalue weighted by Gasteiger charge is 2.21. The van der Waals surface area contributed by atoms with Crippen LogP contribution in [-0.2, 0) is 4.79 Å². The Morgan fingerprint density at radius 2 is 1.79 bits per heavy atom. The van der Waals surface area contributed by atoms with Crippen molar-refractivity contribution in [2.45, 2.75) is 45.1 Å². The van der Waals surface area contributed by atoms with E-state index in [2.05, 4.69) is 26.0 Å². The van der Waals surface area contributed by atoms with Crippen molar-refractivity contribution in [3.63, 3.8) is 0 Å². The number of likely N-dealkylation sites (tertiary alicyclic amines) is 1. The Balaban J connectivity index is 1.98. The molecule has 0 aromatic heterocycles. The summed E-state index contributed by atoms with van der Waals surface area (Å²) < 4.78 is 0. The zero-order chi connectivity index (χ0) is 13.8. The van der Waals surface area contributed by atoms with Crippen molar-refractivity contribution in [3.05, 3.63) is 35.4 Å². The first-order valence-corrected chi connectivity index (χ1v) is 7.13. The molecule has 1 amide bonds. The van der Waals surface area contributed by atoms with Crippen LogP contribution in [0, 0.1) is 0 Å². The van der Waals surface area contributed by atoms with Crippen LogP contribution in [-0.4, -0.2) is 29.0 Å². The van der Waals surface area contributed by atoms with Crippen LogP contribution in [0.15, 0.2) is 24.3 Å². The summed E-state index contributed by atoms with van der Waals surface area (Å²) in [5.41, 5.74) is 2.16. The Morgan fingerprint density at radius 3 is 2.37 bits per heavy atom. The highest BCUT2D eigenvalue weighted by atomic mass is 16.3. The van der Waals surface area contributed by atoms with Crippen LogP contribution in [0.4, 0.5) is 0 Å². The molecule has 1 aliphatic heterocycles. The maximum atomic E-state index is 11.7. The summed E-state index contributed by atoms with van der Waals surface area (Å²) in [6.45, 7) is 5.50. The second-order valence-corrected chi connectivity index (χ2v) is 5.63. The lowest BCUT2D eigenvalue weighted by Crippen LogP contribution is -2.38. The fraction of sp³-hybridized carbons (Fsp3) is 0.562. The van der Waals surface area contributed by atoms with Crippen LogP contribution in [0.3, 0.4) is 0 Å². The summed E-state index contributed by atoms with van der Waals surface area (Å²) in [5, 5.41) is 10.2. The molecule has 104 valence electrons. The number of aliphatic hydroxyl groups is 1. The van der Waals surface area contributed by atoms with Gasteiger partial charge >= 0.3 is 0 Å². The SMILES string of the molecule is CC(C)c1ccc(C(O)CN2CCCCC2=O)cc1. The Bertz CT molecular complexity index is 425. The molecule has 0 radical (unpaired) electrons. The summed E-state index contributed by atoms with van der Waals surface area (Å²) in [6.07, 6.45) is 2.07. The van der Waals surface area contributed by atoms with E-state index in [0.717, 1.165) is 24.9 Å². The lowest BCUT2D eigenvalue weighted by molar-refractivity contribution is -0.134. The van der Waals surface area contributed by atoms with Crippen molar-refractivity contribution in [2.75, 3.05) is 13.1 Å². The molecule has 1 aliphatic rings. The molecule has 1 N–H and O–H groups in total. The van der Waals surface area contributed by atoms with Gasteiger partial charge in [-0.3, -0.25) is 4.79 Å². The number of amides is 1. The topological polar surface area (TPSA) is 40.5 Å². The van der Waals surface area contributed by atoms with E-state index in [1.807, 2.05) is 12.1 Å². The number of carbonyl (C=O) groups excluding carboxylic acids is 1. The number of β-amino-alcohol motifs (C(OH)–C–C–N with tert-alkyl or cyclic N) is 1. The Labute approximate surface area is 115 Å². The van der Waals surface area contributed by atoms with Gasteiger partial charge in [-0.2, -0.15) is 0 Å². The average molecular weight is 261 g/mol. The van der Waals surface area contributed by atoms with Gasteiger partial charge in [0.15, 0.2) is 0 Å². The first kappa shape index (κ1) is 14.1. The molecule has 1 aromatic rings. The van der Waals surface area contributed by atoms with Gasteiger partial charge in [0.05, 0.1) is 12.6 Å². The van der Waals surface area contributed by atoms with Crippen molar-refractivity contribution < 1.29 is 9.90 Å². The zero-order valence-corrected chi connectivity index (χ0v) is 11.8. The second-order valence-electron chi connectivity index (χ2n) is 5.63. The summed E-state index contributed by atoms with van der Waals surface area (Å²) in [6, 6.07) is 8.05. The van der Waals surface area contributed by atoms with Crippen LogP contribution in [0.1, 0.15) is 56.3 Å². The van der Waals surface area contributed by atoms with Crippen molar-refractivity contribution in [3.8, 4) is 0 Å². The molecule has 0 aliphatic carbocycles. The number of rotatable bonds is 4. The Kier molecular flexibility index (Phi) is 4.59. The van der Waals surface area contributed by atoms with Crippen LogP contribution in [0.2, 0.25) is 0 Å². The maximum Gasteiger partial charge on any atom is 0.222 e. The predicted octanol–water partition coefficient (Wildman–Crippen LogP) is 2.86. The van der Waals surface area contributed by atoms with Crippen molar-refractivity contribution in [1.29, 1.82) is 0 Å². The molecule has 0 saturated carbocycles. The van der Waals surface area contributed by atoms with Crippen molar-refractivity contribution in [2.24, 2.45) is 0 Å². The largest absolute Gasteiger partial charge is 0.387 e. The maximum absolute atomic E-state index is 11.7. The first-order valence-electron chi connectivity index (χ1n) is 7.13. The lowest BCUT2D eigenvalue weighted by Gasteiger charge is -2.29. The highest BCUT2D eigenvalue weighted by molar-refractivity contribution is 5.76. The number of benzene rings is 1. The van der Waals surface area contributed by atoms with Crippen LogP contribution in [0.25, 0.3) is 0 Å². The van der Waals surface area contributed by atoms with Crippen molar-refractivity contribution >= 4 is 5.91 Å². The average Bonchev–Trinajstić information content (AvgIpc) is 2.41. The molecule has 3 heteroatoms. The van der Waals surface area contributed by atoms with Crippen molar-refractivity contribution in [1.82, 2.24) is 4.90 Å².